The maximum Gasteiger partial charge on any atom is 0.416 e. The van der Waals surface area contributed by atoms with Crippen LogP contribution in [0.1, 0.15) is 35.6 Å². The first-order valence-corrected chi connectivity index (χ1v) is 9.52. The molecule has 2 aromatic carbocycles. The zero-order chi connectivity index (χ0) is 22.2. The highest BCUT2D eigenvalue weighted by molar-refractivity contribution is 5.80. The molecular formula is C20H19F3N6O2. The summed E-state index contributed by atoms with van der Waals surface area (Å²) in [5.74, 6) is 0.0849. The molecule has 162 valence electrons. The predicted molar refractivity (Wildman–Crippen MR) is 104 cm³/mol. The van der Waals surface area contributed by atoms with Crippen LogP contribution >= 0.6 is 0 Å². The van der Waals surface area contributed by atoms with Crippen molar-refractivity contribution in [3.8, 4) is 17.4 Å². The van der Waals surface area contributed by atoms with E-state index in [-0.39, 0.29) is 24.0 Å². The lowest BCUT2D eigenvalue weighted by molar-refractivity contribution is -0.137. The summed E-state index contributed by atoms with van der Waals surface area (Å²) in [5, 5.41) is 14.4. The van der Waals surface area contributed by atoms with Crippen LogP contribution in [0.3, 0.4) is 0 Å². The lowest BCUT2D eigenvalue weighted by Gasteiger charge is -2.14. The van der Waals surface area contributed by atoms with Crippen LogP contribution in [0.15, 0.2) is 42.5 Å². The summed E-state index contributed by atoms with van der Waals surface area (Å²) in [5.41, 5.74) is 6.29. The fraction of sp³-hybridized carbons (Fsp3) is 0.300. The van der Waals surface area contributed by atoms with Crippen molar-refractivity contribution in [2.24, 2.45) is 5.73 Å². The van der Waals surface area contributed by atoms with Gasteiger partial charge in [-0.2, -0.15) is 17.9 Å². The van der Waals surface area contributed by atoms with Crippen molar-refractivity contribution >= 4 is 5.91 Å². The number of aryl methyl sites for hydroxylation is 1. The van der Waals surface area contributed by atoms with E-state index in [1.165, 1.54) is 10.7 Å². The van der Waals surface area contributed by atoms with Gasteiger partial charge in [0, 0.05) is 6.04 Å². The fourth-order valence-corrected chi connectivity index (χ4v) is 3.57. The second kappa shape index (κ2) is 7.99. The number of alkyl halides is 3. The normalized spacial score (nSPS) is 18.8. The Morgan fingerprint density at radius 2 is 1.94 bits per heavy atom. The van der Waals surface area contributed by atoms with Crippen molar-refractivity contribution in [1.82, 2.24) is 25.5 Å². The molecule has 2 atom stereocenters. The van der Waals surface area contributed by atoms with E-state index in [1.807, 2.05) is 12.1 Å². The number of carbonyl (C=O) groups excluding carboxylic acids is 1. The molecule has 0 aliphatic carbocycles. The Kier molecular flexibility index (Phi) is 5.36. The molecule has 0 bridgehead atoms. The molecular weight excluding hydrogens is 413 g/mol. The minimum absolute atomic E-state index is 0.0170. The zero-order valence-corrected chi connectivity index (χ0v) is 16.4. The zero-order valence-electron chi connectivity index (χ0n) is 16.4. The molecule has 0 radical (unpaired) electrons. The number of primary amides is 1. The Morgan fingerprint density at radius 1 is 1.19 bits per heavy atom. The summed E-state index contributed by atoms with van der Waals surface area (Å²) in [6.45, 7) is 1.54. The molecule has 4 rings (SSSR count). The second-order valence-corrected chi connectivity index (χ2v) is 7.29. The van der Waals surface area contributed by atoms with E-state index in [9.17, 15) is 18.0 Å². The van der Waals surface area contributed by atoms with Gasteiger partial charge in [-0.05, 0) is 71.7 Å². The lowest BCUT2D eigenvalue weighted by atomic mass is 10.1. The Morgan fingerprint density at radius 3 is 2.55 bits per heavy atom. The predicted octanol–water partition coefficient (Wildman–Crippen LogP) is 3.06. The molecule has 1 aliphatic rings. The van der Waals surface area contributed by atoms with Crippen LogP contribution in [0.4, 0.5) is 13.2 Å². The molecule has 3 aromatic rings. The number of nitrogens with zero attached hydrogens (tertiary/aromatic N) is 4. The Balaban J connectivity index is 1.51. The summed E-state index contributed by atoms with van der Waals surface area (Å²) < 4.78 is 45.7. The van der Waals surface area contributed by atoms with Crippen LogP contribution in [0.25, 0.3) is 5.69 Å². The molecule has 0 saturated carbocycles. The number of aromatic nitrogens is 4. The average Bonchev–Trinajstić information content (AvgIpc) is 3.38. The summed E-state index contributed by atoms with van der Waals surface area (Å²) >= 11 is 0. The van der Waals surface area contributed by atoms with E-state index in [2.05, 4.69) is 20.8 Å². The van der Waals surface area contributed by atoms with Gasteiger partial charge in [0.15, 0.2) is 0 Å². The molecule has 11 heteroatoms. The van der Waals surface area contributed by atoms with E-state index in [0.717, 1.165) is 24.1 Å². The fourth-order valence-electron chi connectivity index (χ4n) is 3.57. The van der Waals surface area contributed by atoms with Gasteiger partial charge in [-0.1, -0.05) is 17.2 Å². The van der Waals surface area contributed by atoms with Gasteiger partial charge in [0.2, 0.25) is 5.91 Å². The van der Waals surface area contributed by atoms with Crippen molar-refractivity contribution in [2.75, 3.05) is 0 Å². The van der Waals surface area contributed by atoms with Crippen molar-refractivity contribution in [3.05, 3.63) is 59.2 Å². The monoisotopic (exact) mass is 432 g/mol. The maximum atomic E-state index is 12.9. The number of ether oxygens (including phenoxy) is 1. The summed E-state index contributed by atoms with van der Waals surface area (Å²) in [6.07, 6.45) is -2.96. The number of tetrazole rings is 1. The van der Waals surface area contributed by atoms with Gasteiger partial charge >= 0.3 is 12.2 Å². The van der Waals surface area contributed by atoms with Crippen molar-refractivity contribution in [3.63, 3.8) is 0 Å². The SMILES string of the molecule is Cc1cc(C(F)(F)F)ccc1-n1nnnc1Oc1ccc([C@H]2CC[C@@H](C(N)=O)N2)cc1. The number of carbonyl (C=O) groups is 1. The number of nitrogens with one attached hydrogen (secondary N) is 1. The van der Waals surface area contributed by atoms with E-state index in [1.54, 1.807) is 19.1 Å². The van der Waals surface area contributed by atoms with Gasteiger partial charge in [-0.15, -0.1) is 0 Å². The molecule has 1 saturated heterocycles. The summed E-state index contributed by atoms with van der Waals surface area (Å²) in [6, 6.07) is 10.2. The van der Waals surface area contributed by atoms with Crippen LogP contribution in [0.2, 0.25) is 0 Å². The van der Waals surface area contributed by atoms with Crippen LogP contribution in [-0.4, -0.2) is 32.2 Å². The first-order valence-electron chi connectivity index (χ1n) is 9.52. The molecule has 1 aliphatic heterocycles. The van der Waals surface area contributed by atoms with Crippen LogP contribution in [0, 0.1) is 6.92 Å². The smallest absolute Gasteiger partial charge is 0.416 e. The van der Waals surface area contributed by atoms with Gasteiger partial charge in [0.05, 0.1) is 17.3 Å². The molecule has 1 amide bonds. The topological polar surface area (TPSA) is 108 Å². The lowest BCUT2D eigenvalue weighted by Crippen LogP contribution is -2.37. The molecule has 2 heterocycles. The molecule has 1 aromatic heterocycles. The average molecular weight is 432 g/mol. The largest absolute Gasteiger partial charge is 0.423 e. The first kappa shape index (κ1) is 20.8. The minimum atomic E-state index is -4.43. The Hall–Kier alpha value is -3.47. The molecule has 8 nitrogen and oxygen atoms in total. The van der Waals surface area contributed by atoms with Crippen LogP contribution in [0.5, 0.6) is 11.8 Å². The number of rotatable bonds is 5. The molecule has 0 spiro atoms. The molecule has 1 fully saturated rings. The molecule has 3 N–H and O–H groups in total. The van der Waals surface area contributed by atoms with E-state index >= 15 is 0 Å². The summed E-state index contributed by atoms with van der Waals surface area (Å²) in [7, 11) is 0. The number of amides is 1. The Bertz CT molecular complexity index is 1100. The van der Waals surface area contributed by atoms with Crippen LogP contribution in [-0.2, 0) is 11.0 Å². The highest BCUT2D eigenvalue weighted by atomic mass is 19.4. The Labute approximate surface area is 175 Å². The number of hydrogen-bond acceptors (Lipinski definition) is 6. The third-order valence-corrected chi connectivity index (χ3v) is 5.17. The van der Waals surface area contributed by atoms with E-state index in [4.69, 9.17) is 10.5 Å². The number of halogens is 3. The van der Waals surface area contributed by atoms with Crippen molar-refractivity contribution in [2.45, 2.75) is 38.0 Å². The highest BCUT2D eigenvalue weighted by Gasteiger charge is 2.31. The minimum Gasteiger partial charge on any atom is -0.423 e. The third-order valence-electron chi connectivity index (χ3n) is 5.17. The van der Waals surface area contributed by atoms with Crippen molar-refractivity contribution < 1.29 is 22.7 Å². The molecule has 31 heavy (non-hydrogen) atoms. The number of nitrogens with two attached hydrogens (primary N) is 1. The van der Waals surface area contributed by atoms with Gasteiger partial charge in [-0.3, -0.25) is 10.1 Å². The van der Waals surface area contributed by atoms with Gasteiger partial charge in [-0.25, -0.2) is 0 Å². The van der Waals surface area contributed by atoms with Crippen molar-refractivity contribution in [1.29, 1.82) is 0 Å². The van der Waals surface area contributed by atoms with E-state index in [0.29, 0.717) is 23.4 Å². The van der Waals surface area contributed by atoms with Crippen LogP contribution < -0.4 is 15.8 Å². The first-order chi connectivity index (χ1) is 14.7. The highest BCUT2D eigenvalue weighted by Crippen LogP contribution is 2.32. The second-order valence-electron chi connectivity index (χ2n) is 7.29. The maximum absolute atomic E-state index is 12.9. The standard InChI is InChI=1S/C20H19F3N6O2/c1-11-10-13(20(21,22)23)4-9-17(11)29-19(26-27-28-29)31-14-5-2-12(3-6-14)15-7-8-16(25-15)18(24)30/h2-6,9-10,15-16,25H,7-8H2,1H3,(H2,24,30)/t15-,16+/m1/s1. The number of benzene rings is 2. The van der Waals surface area contributed by atoms with Gasteiger partial charge in [0.25, 0.3) is 0 Å². The van der Waals surface area contributed by atoms with E-state index < -0.39 is 11.7 Å². The van der Waals surface area contributed by atoms with Gasteiger partial charge in [0.1, 0.15) is 5.75 Å². The van der Waals surface area contributed by atoms with Gasteiger partial charge < -0.3 is 10.5 Å². The molecule has 0 unspecified atom stereocenters. The quantitative estimate of drug-likeness (QED) is 0.642. The summed E-state index contributed by atoms with van der Waals surface area (Å²) in [4.78, 5) is 11.3. The number of hydrogen-bond donors (Lipinski definition) is 2. The third kappa shape index (κ3) is 4.36.